The third kappa shape index (κ3) is 4.82. The lowest BCUT2D eigenvalue weighted by molar-refractivity contribution is 0.0567. The summed E-state index contributed by atoms with van der Waals surface area (Å²) in [7, 11) is 1.63. The average Bonchev–Trinajstić information content (AvgIpc) is 3.55. The van der Waals surface area contributed by atoms with Gasteiger partial charge in [-0.05, 0) is 93.4 Å². The van der Waals surface area contributed by atoms with E-state index in [2.05, 4.69) is 26.0 Å². The van der Waals surface area contributed by atoms with Gasteiger partial charge in [-0.3, -0.25) is 4.79 Å². The summed E-state index contributed by atoms with van der Waals surface area (Å²) >= 11 is 0. The fourth-order valence-corrected chi connectivity index (χ4v) is 6.17. The number of halogens is 1. The van der Waals surface area contributed by atoms with E-state index in [1.54, 1.807) is 13.2 Å². The molecule has 0 saturated carbocycles. The Kier molecular flexibility index (Phi) is 6.59. The van der Waals surface area contributed by atoms with Gasteiger partial charge in [0, 0.05) is 42.3 Å². The molecule has 4 aromatic rings. The number of carbonyl (C=O) groups is 1. The zero-order valence-corrected chi connectivity index (χ0v) is 21.3. The van der Waals surface area contributed by atoms with E-state index in [0.29, 0.717) is 11.7 Å². The first-order chi connectivity index (χ1) is 18.1. The molecule has 2 saturated heterocycles. The molecule has 2 N–H and O–H groups in total. The number of rotatable bonds is 6. The van der Waals surface area contributed by atoms with Gasteiger partial charge in [0.15, 0.2) is 5.82 Å². The SMILES string of the molecule is COc1ccc2[nH]c(C(=O)N3CCCC[C@H]3CCN3CCC(c4c[nH]c5ccc(F)cc45)CC3)nc2c1. The van der Waals surface area contributed by atoms with Crippen molar-refractivity contribution in [3.05, 3.63) is 59.8 Å². The molecule has 0 aliphatic carbocycles. The van der Waals surface area contributed by atoms with Crippen LogP contribution in [0.4, 0.5) is 4.39 Å². The number of aromatic nitrogens is 3. The number of imidazole rings is 1. The number of nitrogens with one attached hydrogen (secondary N) is 2. The van der Waals surface area contributed by atoms with Crippen LogP contribution in [0.2, 0.25) is 0 Å². The number of fused-ring (bicyclic) bond motifs is 2. The van der Waals surface area contributed by atoms with E-state index in [9.17, 15) is 9.18 Å². The Balaban J connectivity index is 1.07. The van der Waals surface area contributed by atoms with Crippen molar-refractivity contribution in [2.75, 3.05) is 33.3 Å². The van der Waals surface area contributed by atoms with Crippen LogP contribution in [0.5, 0.6) is 5.75 Å². The molecule has 2 fully saturated rings. The minimum Gasteiger partial charge on any atom is -0.497 e. The average molecular weight is 504 g/mol. The van der Waals surface area contributed by atoms with E-state index in [1.165, 1.54) is 11.6 Å². The van der Waals surface area contributed by atoms with E-state index in [1.807, 2.05) is 29.2 Å². The monoisotopic (exact) mass is 503 g/mol. The molecule has 8 heteroatoms. The van der Waals surface area contributed by atoms with Crippen molar-refractivity contribution in [3.63, 3.8) is 0 Å². The van der Waals surface area contributed by atoms with Crippen molar-refractivity contribution in [2.45, 2.75) is 50.5 Å². The highest BCUT2D eigenvalue weighted by Crippen LogP contribution is 2.34. The van der Waals surface area contributed by atoms with Crippen LogP contribution in [0.25, 0.3) is 21.9 Å². The normalized spacial score (nSPS) is 19.6. The maximum absolute atomic E-state index is 13.8. The van der Waals surface area contributed by atoms with Gasteiger partial charge in [-0.25, -0.2) is 9.37 Å². The predicted octanol–water partition coefficient (Wildman–Crippen LogP) is 5.46. The highest BCUT2D eigenvalue weighted by atomic mass is 19.1. The zero-order chi connectivity index (χ0) is 25.4. The Bertz CT molecular complexity index is 1400. The molecule has 7 nitrogen and oxygen atoms in total. The highest BCUT2D eigenvalue weighted by Gasteiger charge is 2.30. The minimum atomic E-state index is -0.181. The molecule has 2 aromatic heterocycles. The highest BCUT2D eigenvalue weighted by molar-refractivity contribution is 5.94. The summed E-state index contributed by atoms with van der Waals surface area (Å²) in [4.78, 5) is 29.1. The number of hydrogen-bond acceptors (Lipinski definition) is 4. The van der Waals surface area contributed by atoms with Crippen LogP contribution in [0.3, 0.4) is 0 Å². The van der Waals surface area contributed by atoms with Crippen molar-refractivity contribution < 1.29 is 13.9 Å². The first-order valence-corrected chi connectivity index (χ1v) is 13.4. The van der Waals surface area contributed by atoms with Gasteiger partial charge in [-0.2, -0.15) is 0 Å². The molecule has 0 bridgehead atoms. The fraction of sp³-hybridized carbons (Fsp3) is 0.448. The summed E-state index contributed by atoms with van der Waals surface area (Å²) in [5, 5.41) is 1.01. The number of ether oxygens (including phenoxy) is 1. The van der Waals surface area contributed by atoms with Gasteiger partial charge in [0.25, 0.3) is 5.91 Å². The number of benzene rings is 2. The lowest BCUT2D eigenvalue weighted by Gasteiger charge is -2.38. The summed E-state index contributed by atoms with van der Waals surface area (Å²) < 4.78 is 19.1. The van der Waals surface area contributed by atoms with Crippen molar-refractivity contribution >= 4 is 27.8 Å². The second kappa shape index (κ2) is 10.2. The Labute approximate surface area is 216 Å². The molecule has 1 amide bonds. The van der Waals surface area contributed by atoms with E-state index in [-0.39, 0.29) is 17.8 Å². The van der Waals surface area contributed by atoms with Crippen LogP contribution >= 0.6 is 0 Å². The molecule has 0 spiro atoms. The third-order valence-corrected chi connectivity index (χ3v) is 8.26. The Morgan fingerprint density at radius 2 is 1.92 bits per heavy atom. The molecule has 2 aliphatic heterocycles. The number of hydrogen-bond donors (Lipinski definition) is 2. The maximum Gasteiger partial charge on any atom is 0.289 e. The lowest BCUT2D eigenvalue weighted by atomic mass is 9.89. The number of piperidine rings is 2. The summed E-state index contributed by atoms with van der Waals surface area (Å²) in [5.74, 6) is 1.40. The van der Waals surface area contributed by atoms with Crippen molar-refractivity contribution in [3.8, 4) is 5.75 Å². The first-order valence-electron chi connectivity index (χ1n) is 13.4. The molecule has 2 aromatic carbocycles. The minimum absolute atomic E-state index is 0.00913. The summed E-state index contributed by atoms with van der Waals surface area (Å²) in [6.07, 6.45) is 8.40. The van der Waals surface area contributed by atoms with Gasteiger partial charge in [-0.15, -0.1) is 0 Å². The molecule has 6 rings (SSSR count). The van der Waals surface area contributed by atoms with Crippen LogP contribution in [-0.2, 0) is 0 Å². The van der Waals surface area contributed by atoms with Crippen molar-refractivity contribution in [1.29, 1.82) is 0 Å². The van der Waals surface area contributed by atoms with E-state index in [4.69, 9.17) is 4.74 Å². The number of methoxy groups -OCH3 is 1. The van der Waals surface area contributed by atoms with Crippen LogP contribution in [0, 0.1) is 5.82 Å². The maximum atomic E-state index is 13.8. The molecule has 0 unspecified atom stereocenters. The first kappa shape index (κ1) is 24.0. The van der Waals surface area contributed by atoms with Crippen LogP contribution in [0.1, 0.15) is 60.6 Å². The summed E-state index contributed by atoms with van der Waals surface area (Å²) in [6, 6.07) is 10.9. The van der Waals surface area contributed by atoms with Gasteiger partial charge in [0.2, 0.25) is 0 Å². The van der Waals surface area contributed by atoms with Gasteiger partial charge in [-0.1, -0.05) is 0 Å². The molecule has 194 valence electrons. The number of aromatic amines is 2. The predicted molar refractivity (Wildman–Crippen MR) is 143 cm³/mol. The fourth-order valence-electron chi connectivity index (χ4n) is 6.17. The molecule has 0 radical (unpaired) electrons. The van der Waals surface area contributed by atoms with Gasteiger partial charge < -0.3 is 24.5 Å². The van der Waals surface area contributed by atoms with Crippen molar-refractivity contribution in [1.82, 2.24) is 24.8 Å². The number of amides is 1. The van der Waals surface area contributed by atoms with Gasteiger partial charge >= 0.3 is 0 Å². The van der Waals surface area contributed by atoms with Crippen molar-refractivity contribution in [2.24, 2.45) is 0 Å². The molecular formula is C29H34FN5O2. The van der Waals surface area contributed by atoms with Gasteiger partial charge in [0.05, 0.1) is 18.1 Å². The van der Waals surface area contributed by atoms with Crippen LogP contribution < -0.4 is 4.74 Å². The second-order valence-electron chi connectivity index (χ2n) is 10.5. The quantitative estimate of drug-likeness (QED) is 0.367. The zero-order valence-electron chi connectivity index (χ0n) is 21.3. The molecule has 4 heterocycles. The van der Waals surface area contributed by atoms with Crippen LogP contribution in [-0.4, -0.2) is 70.0 Å². The second-order valence-corrected chi connectivity index (χ2v) is 10.5. The molecule has 1 atom stereocenters. The number of carbonyl (C=O) groups excluding carboxylic acids is 1. The number of H-pyrrole nitrogens is 2. The molecule has 2 aliphatic rings. The Hall–Kier alpha value is -3.39. The molecular weight excluding hydrogens is 469 g/mol. The Morgan fingerprint density at radius 3 is 2.76 bits per heavy atom. The summed E-state index contributed by atoms with van der Waals surface area (Å²) in [5.41, 5.74) is 3.83. The standard InChI is InChI=1S/C29H34FN5O2/c1-37-22-6-8-26-27(17-22)33-28(32-26)29(36)35-12-3-2-4-21(35)11-15-34-13-9-19(10-14-34)24-18-31-25-7-5-20(30)16-23(24)25/h5-8,16-19,21,31H,2-4,9-15H2,1H3,(H,32,33)/t21-/m0/s1. The topological polar surface area (TPSA) is 77.3 Å². The number of nitrogens with zero attached hydrogens (tertiary/aromatic N) is 3. The largest absolute Gasteiger partial charge is 0.497 e. The smallest absolute Gasteiger partial charge is 0.289 e. The number of likely N-dealkylation sites (tertiary alicyclic amines) is 2. The third-order valence-electron chi connectivity index (χ3n) is 8.26. The van der Waals surface area contributed by atoms with Gasteiger partial charge in [0.1, 0.15) is 11.6 Å². The van der Waals surface area contributed by atoms with E-state index in [0.717, 1.165) is 92.4 Å². The Morgan fingerprint density at radius 1 is 1.08 bits per heavy atom. The van der Waals surface area contributed by atoms with E-state index < -0.39 is 0 Å². The lowest BCUT2D eigenvalue weighted by Crippen LogP contribution is -2.46. The van der Waals surface area contributed by atoms with E-state index >= 15 is 0 Å². The summed E-state index contributed by atoms with van der Waals surface area (Å²) in [6.45, 7) is 3.82. The molecule has 37 heavy (non-hydrogen) atoms. The van der Waals surface area contributed by atoms with Crippen LogP contribution in [0.15, 0.2) is 42.6 Å².